The number of carbonyl (C=O) groups excluding carboxylic acids is 1. The first-order chi connectivity index (χ1) is 13.1. The van der Waals surface area contributed by atoms with E-state index in [1.165, 1.54) is 18.3 Å². The maximum atomic E-state index is 12.7. The first-order valence-corrected chi connectivity index (χ1v) is 8.40. The zero-order chi connectivity index (χ0) is 19.0. The molecule has 0 atom stereocenters. The maximum Gasteiger partial charge on any atom is 0.198 e. The number of carbonyl (C=O) groups is 1. The fourth-order valence-electron chi connectivity index (χ4n) is 3.28. The second-order valence-electron chi connectivity index (χ2n) is 6.25. The Labute approximate surface area is 155 Å². The van der Waals surface area contributed by atoms with Gasteiger partial charge in [-0.3, -0.25) is 9.78 Å². The number of aromatic nitrogens is 2. The number of nitrogens with zero attached hydrogens (tertiary/aromatic N) is 2. The average Bonchev–Trinajstić information content (AvgIpc) is 3.03. The number of phenols is 1. The van der Waals surface area contributed by atoms with E-state index in [0.717, 1.165) is 22.2 Å². The molecule has 0 bridgehead atoms. The predicted molar refractivity (Wildman–Crippen MR) is 103 cm³/mol. The number of hydrogen-bond acceptors (Lipinski definition) is 4. The van der Waals surface area contributed by atoms with Crippen molar-refractivity contribution < 1.29 is 9.90 Å². The van der Waals surface area contributed by atoms with Crippen LogP contribution in [0.25, 0.3) is 22.2 Å². The number of hydrogen-bond donors (Lipinski definition) is 2. The normalized spacial score (nSPS) is 10.7. The third kappa shape index (κ3) is 2.74. The monoisotopic (exact) mass is 353 g/mol. The van der Waals surface area contributed by atoms with Gasteiger partial charge in [-0.2, -0.15) is 5.26 Å². The number of ketones is 1. The summed E-state index contributed by atoms with van der Waals surface area (Å²) in [5.41, 5.74) is 3.99. The predicted octanol–water partition coefficient (Wildman–Crippen LogP) is 4.35. The maximum absolute atomic E-state index is 12.7. The van der Waals surface area contributed by atoms with Gasteiger partial charge in [-0.15, -0.1) is 0 Å². The number of H-pyrrole nitrogens is 1. The van der Waals surface area contributed by atoms with Crippen molar-refractivity contribution >= 4 is 16.7 Å². The van der Waals surface area contributed by atoms with Crippen LogP contribution >= 0.6 is 0 Å². The Bertz CT molecular complexity index is 1230. The Kier molecular flexibility index (Phi) is 3.94. The van der Waals surface area contributed by atoms with Gasteiger partial charge in [0.15, 0.2) is 5.78 Å². The molecule has 0 aliphatic heterocycles. The highest BCUT2D eigenvalue weighted by Crippen LogP contribution is 2.33. The topological polar surface area (TPSA) is 89.8 Å². The van der Waals surface area contributed by atoms with Crippen molar-refractivity contribution in [3.05, 3.63) is 83.2 Å². The minimum absolute atomic E-state index is 0.0995. The van der Waals surface area contributed by atoms with E-state index in [2.05, 4.69) is 16.0 Å². The SMILES string of the molecule is Cc1[nH]c2ccccc2c1-c1ncc(C(=O)c2ccccc2O)cc1C#N. The molecular weight excluding hydrogens is 338 g/mol. The van der Waals surface area contributed by atoms with Gasteiger partial charge in [-0.1, -0.05) is 30.3 Å². The number of aromatic hydroxyl groups is 1. The van der Waals surface area contributed by atoms with Gasteiger partial charge in [-0.25, -0.2) is 0 Å². The average molecular weight is 353 g/mol. The standard InChI is InChI=1S/C22H15N3O2/c1-13-20(16-6-2-4-8-18(16)25-13)21-14(11-23)10-15(12-24-21)22(27)17-7-3-5-9-19(17)26/h2-10,12,25-26H,1H3. The lowest BCUT2D eigenvalue weighted by atomic mass is 9.98. The lowest BCUT2D eigenvalue weighted by Gasteiger charge is -2.07. The van der Waals surface area contributed by atoms with E-state index in [0.29, 0.717) is 11.3 Å². The molecule has 0 saturated carbocycles. The van der Waals surface area contributed by atoms with Gasteiger partial charge < -0.3 is 10.1 Å². The fraction of sp³-hybridized carbons (Fsp3) is 0.0455. The Hall–Kier alpha value is -3.91. The third-order valence-corrected chi connectivity index (χ3v) is 4.55. The van der Waals surface area contributed by atoms with Gasteiger partial charge in [0, 0.05) is 33.9 Å². The van der Waals surface area contributed by atoms with Gasteiger partial charge >= 0.3 is 0 Å². The van der Waals surface area contributed by atoms with Crippen molar-refractivity contribution in [2.45, 2.75) is 6.92 Å². The molecule has 130 valence electrons. The van der Waals surface area contributed by atoms with Crippen molar-refractivity contribution in [1.82, 2.24) is 9.97 Å². The summed E-state index contributed by atoms with van der Waals surface area (Å²) in [7, 11) is 0. The molecule has 5 heteroatoms. The molecule has 4 aromatic rings. The molecule has 0 amide bonds. The van der Waals surface area contributed by atoms with Crippen LogP contribution in [-0.4, -0.2) is 20.9 Å². The highest BCUT2D eigenvalue weighted by atomic mass is 16.3. The third-order valence-electron chi connectivity index (χ3n) is 4.55. The van der Waals surface area contributed by atoms with Crippen molar-refractivity contribution in [1.29, 1.82) is 5.26 Å². The van der Waals surface area contributed by atoms with E-state index < -0.39 is 0 Å². The first-order valence-electron chi connectivity index (χ1n) is 8.40. The lowest BCUT2D eigenvalue weighted by molar-refractivity contribution is 0.103. The van der Waals surface area contributed by atoms with Crippen molar-refractivity contribution in [2.75, 3.05) is 0 Å². The Morgan fingerprint density at radius 1 is 1.15 bits per heavy atom. The summed E-state index contributed by atoms with van der Waals surface area (Å²) in [6.45, 7) is 1.93. The second-order valence-corrected chi connectivity index (χ2v) is 6.25. The minimum Gasteiger partial charge on any atom is -0.507 e. The number of fused-ring (bicyclic) bond motifs is 1. The summed E-state index contributed by atoms with van der Waals surface area (Å²) in [4.78, 5) is 20.4. The molecule has 0 aliphatic carbocycles. The van der Waals surface area contributed by atoms with Gasteiger partial charge in [0.25, 0.3) is 0 Å². The second kappa shape index (κ2) is 6.43. The smallest absolute Gasteiger partial charge is 0.198 e. The number of benzene rings is 2. The minimum atomic E-state index is -0.376. The van der Waals surface area contributed by atoms with Crippen LogP contribution in [0.2, 0.25) is 0 Å². The molecule has 2 N–H and O–H groups in total. The van der Waals surface area contributed by atoms with Gasteiger partial charge in [0.2, 0.25) is 0 Å². The van der Waals surface area contributed by atoms with E-state index in [1.807, 2.05) is 31.2 Å². The summed E-state index contributed by atoms with van der Waals surface area (Å²) >= 11 is 0. The molecule has 2 aromatic carbocycles. The first kappa shape index (κ1) is 16.6. The van der Waals surface area contributed by atoms with Crippen molar-refractivity contribution in [2.24, 2.45) is 0 Å². The molecule has 27 heavy (non-hydrogen) atoms. The number of para-hydroxylation sites is 2. The summed E-state index contributed by atoms with van der Waals surface area (Å²) in [5, 5.41) is 20.5. The van der Waals surface area contributed by atoms with Crippen molar-refractivity contribution in [3.8, 4) is 23.1 Å². The molecule has 0 saturated heterocycles. The van der Waals surface area contributed by atoms with Crippen LogP contribution in [0.4, 0.5) is 0 Å². The zero-order valence-corrected chi connectivity index (χ0v) is 14.5. The Morgan fingerprint density at radius 3 is 2.67 bits per heavy atom. The molecule has 0 unspecified atom stereocenters. The summed E-state index contributed by atoms with van der Waals surface area (Å²) in [6, 6.07) is 17.8. The van der Waals surface area contributed by atoms with E-state index in [1.54, 1.807) is 18.2 Å². The number of nitriles is 1. The number of aryl methyl sites for hydroxylation is 1. The molecule has 0 fully saturated rings. The number of phenolic OH excluding ortho intramolecular Hbond substituents is 1. The van der Waals surface area contributed by atoms with E-state index >= 15 is 0 Å². The molecule has 4 rings (SSSR count). The van der Waals surface area contributed by atoms with Crippen LogP contribution in [0.15, 0.2) is 60.8 Å². The van der Waals surface area contributed by atoms with Crippen LogP contribution in [0.5, 0.6) is 5.75 Å². The largest absolute Gasteiger partial charge is 0.507 e. The zero-order valence-electron chi connectivity index (χ0n) is 14.5. The molecule has 2 aromatic heterocycles. The summed E-state index contributed by atoms with van der Waals surface area (Å²) in [5.74, 6) is -0.475. The number of rotatable bonds is 3. The van der Waals surface area contributed by atoms with Gasteiger partial charge in [-0.05, 0) is 31.2 Å². The van der Waals surface area contributed by atoms with E-state index in [-0.39, 0.29) is 22.7 Å². The van der Waals surface area contributed by atoms with Gasteiger partial charge in [0.05, 0.1) is 16.8 Å². The molecule has 0 spiro atoms. The molecule has 0 radical (unpaired) electrons. The lowest BCUT2D eigenvalue weighted by Crippen LogP contribution is -2.04. The van der Waals surface area contributed by atoms with E-state index in [4.69, 9.17) is 0 Å². The number of aromatic amines is 1. The molecule has 2 heterocycles. The van der Waals surface area contributed by atoms with Crippen LogP contribution < -0.4 is 0 Å². The van der Waals surface area contributed by atoms with Crippen LogP contribution in [0.1, 0.15) is 27.2 Å². The quantitative estimate of drug-likeness (QED) is 0.536. The summed E-state index contributed by atoms with van der Waals surface area (Å²) < 4.78 is 0. The van der Waals surface area contributed by atoms with Crippen molar-refractivity contribution in [3.63, 3.8) is 0 Å². The molecule has 5 nitrogen and oxygen atoms in total. The Balaban J connectivity index is 1.86. The highest BCUT2D eigenvalue weighted by Gasteiger charge is 2.19. The Morgan fingerprint density at radius 2 is 1.89 bits per heavy atom. The van der Waals surface area contributed by atoms with E-state index in [9.17, 15) is 15.2 Å². The molecular formula is C22H15N3O2. The number of pyridine rings is 1. The van der Waals surface area contributed by atoms with Gasteiger partial charge in [0.1, 0.15) is 11.8 Å². The highest BCUT2D eigenvalue weighted by molar-refractivity contribution is 6.11. The molecule has 0 aliphatic rings. The van der Waals surface area contributed by atoms with Crippen LogP contribution in [0.3, 0.4) is 0 Å². The summed E-state index contributed by atoms with van der Waals surface area (Å²) in [6.07, 6.45) is 1.45. The number of nitrogens with one attached hydrogen (secondary N) is 1. The van der Waals surface area contributed by atoms with Crippen LogP contribution in [-0.2, 0) is 0 Å². The van der Waals surface area contributed by atoms with Crippen LogP contribution in [0, 0.1) is 18.3 Å². The fourth-order valence-corrected chi connectivity index (χ4v) is 3.28.